The van der Waals surface area contributed by atoms with Gasteiger partial charge in [0.2, 0.25) is 0 Å². The molecule has 0 unspecified atom stereocenters. The first kappa shape index (κ1) is 13.8. The van der Waals surface area contributed by atoms with Crippen molar-refractivity contribution in [1.82, 2.24) is 5.32 Å². The summed E-state index contributed by atoms with van der Waals surface area (Å²) in [6, 6.07) is 4.34. The minimum atomic E-state index is -0.581. The van der Waals surface area contributed by atoms with Crippen molar-refractivity contribution in [2.24, 2.45) is 5.73 Å². The summed E-state index contributed by atoms with van der Waals surface area (Å²) in [6.07, 6.45) is 3.75. The number of hydrogen-bond acceptors (Lipinski definition) is 3. The number of carbonyl (C=O) groups is 1. The molecular weight excluding hydrogens is 247 g/mol. The summed E-state index contributed by atoms with van der Waals surface area (Å²) in [6.45, 7) is 0.371. The van der Waals surface area contributed by atoms with Crippen LogP contribution in [0.5, 0.6) is 5.75 Å². The summed E-state index contributed by atoms with van der Waals surface area (Å²) in [7, 11) is 1.42. The SMILES string of the molecule is COc1cccc(F)c1C(=O)NC1(CN)CCCC1. The van der Waals surface area contributed by atoms with Gasteiger partial charge >= 0.3 is 0 Å². The molecule has 1 aliphatic carbocycles. The highest BCUT2D eigenvalue weighted by molar-refractivity contribution is 5.97. The topological polar surface area (TPSA) is 64.3 Å². The molecule has 0 aromatic heterocycles. The molecule has 1 amide bonds. The Hall–Kier alpha value is -1.62. The van der Waals surface area contributed by atoms with Crippen molar-refractivity contribution in [3.05, 3.63) is 29.6 Å². The van der Waals surface area contributed by atoms with Crippen LogP contribution >= 0.6 is 0 Å². The van der Waals surface area contributed by atoms with Crippen molar-refractivity contribution in [3.63, 3.8) is 0 Å². The molecule has 0 radical (unpaired) electrons. The zero-order valence-electron chi connectivity index (χ0n) is 11.0. The fourth-order valence-electron chi connectivity index (χ4n) is 2.63. The summed E-state index contributed by atoms with van der Waals surface area (Å²) in [4.78, 5) is 12.3. The van der Waals surface area contributed by atoms with Crippen LogP contribution in [0.25, 0.3) is 0 Å². The molecule has 1 fully saturated rings. The summed E-state index contributed by atoms with van der Waals surface area (Å²) in [5.74, 6) is -0.799. The van der Waals surface area contributed by atoms with E-state index in [4.69, 9.17) is 10.5 Å². The fraction of sp³-hybridized carbons (Fsp3) is 0.500. The first-order valence-electron chi connectivity index (χ1n) is 6.47. The Labute approximate surface area is 112 Å². The van der Waals surface area contributed by atoms with Gasteiger partial charge in [0.05, 0.1) is 12.6 Å². The molecule has 0 heterocycles. The van der Waals surface area contributed by atoms with Crippen LogP contribution in [0.4, 0.5) is 4.39 Å². The van der Waals surface area contributed by atoms with Gasteiger partial charge in [0.25, 0.3) is 5.91 Å². The maximum atomic E-state index is 13.8. The third-order valence-corrected chi connectivity index (χ3v) is 3.75. The standard InChI is InChI=1S/C14H19FN2O2/c1-19-11-6-4-5-10(15)12(11)13(18)17-14(9-16)7-2-3-8-14/h4-6H,2-3,7-9,16H2,1H3,(H,17,18). The Bertz CT molecular complexity index is 471. The number of methoxy groups -OCH3 is 1. The fourth-order valence-corrected chi connectivity index (χ4v) is 2.63. The van der Waals surface area contributed by atoms with Crippen molar-refractivity contribution in [2.75, 3.05) is 13.7 Å². The van der Waals surface area contributed by atoms with Crippen molar-refractivity contribution in [3.8, 4) is 5.75 Å². The van der Waals surface area contributed by atoms with Gasteiger partial charge in [-0.1, -0.05) is 18.9 Å². The quantitative estimate of drug-likeness (QED) is 0.874. The number of nitrogens with two attached hydrogens (primary N) is 1. The number of hydrogen-bond donors (Lipinski definition) is 2. The normalized spacial score (nSPS) is 17.2. The lowest BCUT2D eigenvalue weighted by molar-refractivity contribution is 0.0895. The van der Waals surface area contributed by atoms with Gasteiger partial charge in [-0.05, 0) is 25.0 Å². The Morgan fingerprint density at radius 1 is 1.47 bits per heavy atom. The molecule has 104 valence electrons. The third kappa shape index (κ3) is 2.71. The average molecular weight is 266 g/mol. The van der Waals surface area contributed by atoms with Gasteiger partial charge in [0.1, 0.15) is 17.1 Å². The zero-order valence-corrected chi connectivity index (χ0v) is 11.0. The highest BCUT2D eigenvalue weighted by Crippen LogP contribution is 2.30. The number of benzene rings is 1. The van der Waals surface area contributed by atoms with Gasteiger partial charge in [-0.2, -0.15) is 0 Å². The Morgan fingerprint density at radius 3 is 2.74 bits per heavy atom. The second-order valence-electron chi connectivity index (χ2n) is 4.96. The minimum Gasteiger partial charge on any atom is -0.496 e. The molecule has 19 heavy (non-hydrogen) atoms. The van der Waals surface area contributed by atoms with E-state index in [9.17, 15) is 9.18 Å². The van der Waals surface area contributed by atoms with E-state index in [0.717, 1.165) is 25.7 Å². The smallest absolute Gasteiger partial charge is 0.258 e. The molecule has 1 saturated carbocycles. The largest absolute Gasteiger partial charge is 0.496 e. The van der Waals surface area contributed by atoms with Crippen molar-refractivity contribution in [2.45, 2.75) is 31.2 Å². The molecule has 0 bridgehead atoms. The molecule has 5 heteroatoms. The lowest BCUT2D eigenvalue weighted by Gasteiger charge is -2.29. The summed E-state index contributed by atoms with van der Waals surface area (Å²) in [5, 5.41) is 2.89. The maximum absolute atomic E-state index is 13.8. The monoisotopic (exact) mass is 266 g/mol. The highest BCUT2D eigenvalue weighted by Gasteiger charge is 2.35. The number of amides is 1. The molecule has 4 nitrogen and oxygen atoms in total. The maximum Gasteiger partial charge on any atom is 0.258 e. The van der Waals surface area contributed by atoms with Crippen molar-refractivity contribution >= 4 is 5.91 Å². The van der Waals surface area contributed by atoms with E-state index in [0.29, 0.717) is 6.54 Å². The molecule has 1 aromatic carbocycles. The molecule has 0 atom stereocenters. The van der Waals surface area contributed by atoms with Crippen molar-refractivity contribution in [1.29, 1.82) is 0 Å². The first-order valence-corrected chi connectivity index (χ1v) is 6.47. The predicted molar refractivity (Wildman–Crippen MR) is 70.7 cm³/mol. The number of halogens is 1. The molecule has 1 aromatic rings. The van der Waals surface area contributed by atoms with Crippen LogP contribution in [0.15, 0.2) is 18.2 Å². The number of ether oxygens (including phenoxy) is 1. The summed E-state index contributed by atoms with van der Waals surface area (Å²) < 4.78 is 18.9. The average Bonchev–Trinajstić information content (AvgIpc) is 2.87. The van der Waals surface area contributed by atoms with Crippen LogP contribution < -0.4 is 15.8 Å². The van der Waals surface area contributed by atoms with Gasteiger partial charge in [0, 0.05) is 6.54 Å². The van der Waals surface area contributed by atoms with Gasteiger partial charge < -0.3 is 15.8 Å². The summed E-state index contributed by atoms with van der Waals surface area (Å²) >= 11 is 0. The van der Waals surface area contributed by atoms with Crippen LogP contribution in [0.3, 0.4) is 0 Å². The van der Waals surface area contributed by atoms with Crippen LogP contribution in [0.2, 0.25) is 0 Å². The van der Waals surface area contributed by atoms with E-state index in [1.54, 1.807) is 6.07 Å². The van der Waals surface area contributed by atoms with E-state index in [-0.39, 0.29) is 11.3 Å². The predicted octanol–water partition coefficient (Wildman–Crippen LogP) is 1.84. The van der Waals surface area contributed by atoms with Gasteiger partial charge in [-0.25, -0.2) is 4.39 Å². The minimum absolute atomic E-state index is 0.0512. The van der Waals surface area contributed by atoms with Crippen LogP contribution in [-0.4, -0.2) is 25.1 Å². The van der Waals surface area contributed by atoms with Crippen LogP contribution in [0.1, 0.15) is 36.0 Å². The van der Waals surface area contributed by atoms with Crippen LogP contribution in [-0.2, 0) is 0 Å². The van der Waals surface area contributed by atoms with Gasteiger partial charge in [-0.3, -0.25) is 4.79 Å². The van der Waals surface area contributed by atoms with E-state index in [2.05, 4.69) is 5.32 Å². The lowest BCUT2D eigenvalue weighted by atomic mass is 9.97. The number of nitrogens with one attached hydrogen (secondary N) is 1. The first-order chi connectivity index (χ1) is 9.12. The summed E-state index contributed by atoms with van der Waals surface area (Å²) in [5.41, 5.74) is 5.31. The molecule has 0 aliphatic heterocycles. The molecular formula is C14H19FN2O2. The Morgan fingerprint density at radius 2 is 2.16 bits per heavy atom. The van der Waals surface area contributed by atoms with E-state index in [1.165, 1.54) is 19.2 Å². The lowest BCUT2D eigenvalue weighted by Crippen LogP contribution is -2.51. The van der Waals surface area contributed by atoms with Gasteiger partial charge in [-0.15, -0.1) is 0 Å². The molecule has 2 rings (SSSR count). The zero-order chi connectivity index (χ0) is 13.9. The molecule has 0 saturated heterocycles. The van der Waals surface area contributed by atoms with Crippen LogP contribution in [0, 0.1) is 5.82 Å². The highest BCUT2D eigenvalue weighted by atomic mass is 19.1. The number of carbonyl (C=O) groups excluding carboxylic acids is 1. The van der Waals surface area contributed by atoms with E-state index < -0.39 is 17.3 Å². The Kier molecular flexibility index (Phi) is 4.04. The molecule has 3 N–H and O–H groups in total. The molecule has 1 aliphatic rings. The second kappa shape index (κ2) is 5.57. The third-order valence-electron chi connectivity index (χ3n) is 3.75. The number of rotatable bonds is 4. The van der Waals surface area contributed by atoms with Gasteiger partial charge in [0.15, 0.2) is 0 Å². The second-order valence-corrected chi connectivity index (χ2v) is 4.96. The Balaban J connectivity index is 2.25. The van der Waals surface area contributed by atoms with Crippen molar-refractivity contribution < 1.29 is 13.9 Å². The van der Waals surface area contributed by atoms with E-state index >= 15 is 0 Å². The van der Waals surface area contributed by atoms with E-state index in [1.807, 2.05) is 0 Å². The molecule has 0 spiro atoms.